The number of carbonyl (C=O) groups excluding carboxylic acids is 1. The van der Waals surface area contributed by atoms with Gasteiger partial charge in [0, 0.05) is 17.3 Å². The highest BCUT2D eigenvalue weighted by atomic mass is 35.5. The number of nitrogens with zero attached hydrogens (tertiary/aromatic N) is 1. The summed E-state index contributed by atoms with van der Waals surface area (Å²) < 4.78 is 38.7. The van der Waals surface area contributed by atoms with Gasteiger partial charge in [-0.05, 0) is 32.0 Å². The maximum atomic E-state index is 12.9. The summed E-state index contributed by atoms with van der Waals surface area (Å²) in [6.45, 7) is 3.39. The third-order valence-corrected chi connectivity index (χ3v) is 2.68. The summed E-state index contributed by atoms with van der Waals surface area (Å²) in [6.07, 6.45) is -3.69. The van der Waals surface area contributed by atoms with Gasteiger partial charge in [0.1, 0.15) is 11.6 Å². The third-order valence-electron chi connectivity index (χ3n) is 2.44. The van der Waals surface area contributed by atoms with Crippen molar-refractivity contribution in [3.8, 4) is 6.07 Å². The fraction of sp³-hybridized carbons (Fsp3) is 0.286. The van der Waals surface area contributed by atoms with Gasteiger partial charge in [-0.1, -0.05) is 11.6 Å². The minimum Gasteiger partial charge on any atom is -0.360 e. The molecular weight excluding hydrogens is 319 g/mol. The topological polar surface area (TPSA) is 64.9 Å². The number of nitrogens with one attached hydrogen (secondary N) is 2. The fourth-order valence-corrected chi connectivity index (χ4v) is 1.69. The van der Waals surface area contributed by atoms with Crippen molar-refractivity contribution in [1.82, 2.24) is 5.32 Å². The molecule has 1 aromatic rings. The lowest BCUT2D eigenvalue weighted by Crippen LogP contribution is -2.31. The van der Waals surface area contributed by atoms with Crippen LogP contribution in [0.2, 0.25) is 5.02 Å². The zero-order chi connectivity index (χ0) is 16.9. The molecule has 0 radical (unpaired) electrons. The van der Waals surface area contributed by atoms with Crippen LogP contribution >= 0.6 is 11.6 Å². The van der Waals surface area contributed by atoms with E-state index in [4.69, 9.17) is 16.9 Å². The summed E-state index contributed by atoms with van der Waals surface area (Å²) in [4.78, 5) is 11.7. The molecule has 1 aromatic carbocycles. The second-order valence-corrected chi connectivity index (χ2v) is 5.07. The first-order chi connectivity index (χ1) is 10.1. The number of alkyl halides is 3. The summed E-state index contributed by atoms with van der Waals surface area (Å²) in [6, 6.07) is 4.58. The minimum atomic E-state index is -4.62. The zero-order valence-corrected chi connectivity index (χ0v) is 12.5. The SMILES string of the molecule is CC(C)NC(=O)/C(C#N)=C\Nc1ccc(Cl)cc1C(F)(F)F. The van der Waals surface area contributed by atoms with Crippen molar-refractivity contribution in [3.05, 3.63) is 40.6 Å². The maximum Gasteiger partial charge on any atom is 0.418 e. The molecule has 4 nitrogen and oxygen atoms in total. The van der Waals surface area contributed by atoms with Crippen molar-refractivity contribution < 1.29 is 18.0 Å². The van der Waals surface area contributed by atoms with E-state index < -0.39 is 17.6 Å². The van der Waals surface area contributed by atoms with E-state index in [1.165, 1.54) is 6.07 Å². The Labute approximate surface area is 130 Å². The average Bonchev–Trinajstić information content (AvgIpc) is 2.38. The quantitative estimate of drug-likeness (QED) is 0.653. The molecule has 0 saturated carbocycles. The number of amides is 1. The molecule has 0 aliphatic carbocycles. The molecule has 0 aliphatic rings. The van der Waals surface area contributed by atoms with Crippen LogP contribution < -0.4 is 10.6 Å². The third kappa shape index (κ3) is 4.97. The molecule has 0 atom stereocenters. The molecule has 0 aliphatic heterocycles. The van der Waals surface area contributed by atoms with Crippen molar-refractivity contribution in [2.45, 2.75) is 26.1 Å². The van der Waals surface area contributed by atoms with Gasteiger partial charge in [-0.3, -0.25) is 4.79 Å². The van der Waals surface area contributed by atoms with Crippen LogP contribution in [-0.2, 0) is 11.0 Å². The summed E-state index contributed by atoms with van der Waals surface area (Å²) in [7, 11) is 0. The van der Waals surface area contributed by atoms with Crippen molar-refractivity contribution in [3.63, 3.8) is 0 Å². The maximum absolute atomic E-state index is 12.9. The van der Waals surface area contributed by atoms with Crippen LogP contribution in [-0.4, -0.2) is 11.9 Å². The van der Waals surface area contributed by atoms with Gasteiger partial charge in [-0.15, -0.1) is 0 Å². The molecule has 2 N–H and O–H groups in total. The lowest BCUT2D eigenvalue weighted by atomic mass is 10.1. The number of anilines is 1. The molecule has 22 heavy (non-hydrogen) atoms. The Balaban J connectivity index is 3.07. The summed E-state index contributed by atoms with van der Waals surface area (Å²) in [5, 5.41) is 13.6. The standard InChI is InChI=1S/C14H13ClF3N3O/c1-8(2)21-13(22)9(6-19)7-20-12-4-3-10(15)5-11(12)14(16,17)18/h3-5,7-8,20H,1-2H3,(H,21,22)/b9-7-. The molecule has 0 unspecified atom stereocenters. The van der Waals surface area contributed by atoms with Crippen LogP contribution in [0.4, 0.5) is 18.9 Å². The van der Waals surface area contributed by atoms with Crippen LogP contribution in [0.15, 0.2) is 30.0 Å². The Hall–Kier alpha value is -2.20. The van der Waals surface area contributed by atoms with Gasteiger partial charge in [-0.25, -0.2) is 0 Å². The van der Waals surface area contributed by atoms with E-state index in [-0.39, 0.29) is 22.3 Å². The largest absolute Gasteiger partial charge is 0.418 e. The van der Waals surface area contributed by atoms with E-state index >= 15 is 0 Å². The van der Waals surface area contributed by atoms with E-state index in [9.17, 15) is 18.0 Å². The molecule has 0 fully saturated rings. The van der Waals surface area contributed by atoms with Crippen molar-refractivity contribution in [1.29, 1.82) is 5.26 Å². The van der Waals surface area contributed by atoms with Gasteiger partial charge < -0.3 is 10.6 Å². The van der Waals surface area contributed by atoms with E-state index in [0.717, 1.165) is 18.3 Å². The predicted octanol–water partition coefficient (Wildman–Crippen LogP) is 3.70. The molecule has 0 heterocycles. The molecule has 1 amide bonds. The minimum absolute atomic E-state index is 0.0695. The highest BCUT2D eigenvalue weighted by molar-refractivity contribution is 6.30. The normalized spacial score (nSPS) is 12.0. The first kappa shape index (κ1) is 17.9. The molecule has 118 valence electrons. The molecular formula is C14H13ClF3N3O. The van der Waals surface area contributed by atoms with Crippen molar-refractivity contribution in [2.75, 3.05) is 5.32 Å². The number of hydrogen-bond donors (Lipinski definition) is 2. The molecule has 1 rings (SSSR count). The average molecular weight is 332 g/mol. The predicted molar refractivity (Wildman–Crippen MR) is 77.1 cm³/mol. The summed E-state index contributed by atoms with van der Waals surface area (Å²) in [5.74, 6) is -0.674. The lowest BCUT2D eigenvalue weighted by Gasteiger charge is -2.13. The van der Waals surface area contributed by atoms with Crippen molar-refractivity contribution in [2.24, 2.45) is 0 Å². The van der Waals surface area contributed by atoms with Gasteiger partial charge in [0.25, 0.3) is 5.91 Å². The highest BCUT2D eigenvalue weighted by Crippen LogP contribution is 2.36. The van der Waals surface area contributed by atoms with Gasteiger partial charge >= 0.3 is 6.18 Å². The van der Waals surface area contributed by atoms with E-state index in [1.807, 2.05) is 0 Å². The Bertz CT molecular complexity index is 633. The Morgan fingerprint density at radius 3 is 2.55 bits per heavy atom. The number of benzene rings is 1. The monoisotopic (exact) mass is 331 g/mol. The molecule has 8 heteroatoms. The van der Waals surface area contributed by atoms with Crippen LogP contribution in [0.25, 0.3) is 0 Å². The van der Waals surface area contributed by atoms with Gasteiger partial charge in [-0.2, -0.15) is 18.4 Å². The van der Waals surface area contributed by atoms with Crippen molar-refractivity contribution >= 4 is 23.2 Å². The van der Waals surface area contributed by atoms with E-state index in [1.54, 1.807) is 19.9 Å². The van der Waals surface area contributed by atoms with Gasteiger partial charge in [0.15, 0.2) is 0 Å². The summed E-state index contributed by atoms with van der Waals surface area (Å²) in [5.41, 5.74) is -1.63. The Kier molecular flexibility index (Phi) is 5.83. The first-order valence-corrected chi connectivity index (χ1v) is 6.57. The van der Waals surface area contributed by atoms with E-state index in [0.29, 0.717) is 0 Å². The zero-order valence-electron chi connectivity index (χ0n) is 11.8. The first-order valence-electron chi connectivity index (χ1n) is 6.19. The smallest absolute Gasteiger partial charge is 0.360 e. The number of hydrogen-bond acceptors (Lipinski definition) is 3. The summed E-state index contributed by atoms with van der Waals surface area (Å²) >= 11 is 5.56. The second kappa shape index (κ2) is 7.18. The molecule has 0 spiro atoms. The number of carbonyl (C=O) groups is 1. The number of nitriles is 1. The van der Waals surface area contributed by atoms with Crippen LogP contribution in [0.5, 0.6) is 0 Å². The van der Waals surface area contributed by atoms with Gasteiger partial charge in [0.2, 0.25) is 0 Å². The lowest BCUT2D eigenvalue weighted by molar-refractivity contribution is -0.136. The molecule has 0 saturated heterocycles. The van der Waals surface area contributed by atoms with Crippen LogP contribution in [0, 0.1) is 11.3 Å². The number of rotatable bonds is 4. The van der Waals surface area contributed by atoms with Crippen LogP contribution in [0.1, 0.15) is 19.4 Å². The second-order valence-electron chi connectivity index (χ2n) is 4.63. The Morgan fingerprint density at radius 1 is 1.41 bits per heavy atom. The van der Waals surface area contributed by atoms with Gasteiger partial charge in [0.05, 0.1) is 11.3 Å². The number of halogens is 4. The van der Waals surface area contributed by atoms with E-state index in [2.05, 4.69) is 10.6 Å². The molecule has 0 aromatic heterocycles. The van der Waals surface area contributed by atoms with Crippen LogP contribution in [0.3, 0.4) is 0 Å². The highest BCUT2D eigenvalue weighted by Gasteiger charge is 2.33. The Morgan fingerprint density at radius 2 is 2.05 bits per heavy atom. The fourth-order valence-electron chi connectivity index (χ4n) is 1.52. The molecule has 0 bridgehead atoms.